The van der Waals surface area contributed by atoms with Gasteiger partial charge in [0.05, 0.1) is 13.0 Å². The van der Waals surface area contributed by atoms with E-state index >= 15 is 0 Å². The van der Waals surface area contributed by atoms with Crippen molar-refractivity contribution in [3.8, 4) is 11.1 Å². The summed E-state index contributed by atoms with van der Waals surface area (Å²) < 4.78 is 4.80. The summed E-state index contributed by atoms with van der Waals surface area (Å²) in [6, 6.07) is 17.0. The van der Waals surface area contributed by atoms with Crippen LogP contribution in [0.1, 0.15) is 23.2 Å². The fraction of sp³-hybridized carbons (Fsp3) is 0.238. The van der Waals surface area contributed by atoms with Crippen molar-refractivity contribution in [1.82, 2.24) is 10.6 Å². The average molecular weight is 382 g/mol. The van der Waals surface area contributed by atoms with Crippen molar-refractivity contribution in [2.24, 2.45) is 0 Å². The Morgan fingerprint density at radius 3 is 2.11 bits per heavy atom. The van der Waals surface area contributed by atoms with E-state index in [0.29, 0.717) is 5.56 Å². The van der Waals surface area contributed by atoms with E-state index < -0.39 is 18.5 Å². The highest BCUT2D eigenvalue weighted by Gasteiger charge is 2.12. The largest absolute Gasteiger partial charge is 0.456 e. The van der Waals surface area contributed by atoms with Crippen LogP contribution in [0.5, 0.6) is 0 Å². The van der Waals surface area contributed by atoms with E-state index in [1.807, 2.05) is 42.5 Å². The number of carbonyl (C=O) groups excluding carboxylic acids is 4. The summed E-state index contributed by atoms with van der Waals surface area (Å²) >= 11 is 0. The number of carbonyl (C=O) groups is 4. The van der Waals surface area contributed by atoms with E-state index in [4.69, 9.17) is 4.74 Å². The molecule has 7 nitrogen and oxygen atoms in total. The van der Waals surface area contributed by atoms with Gasteiger partial charge < -0.3 is 15.4 Å². The molecule has 0 aliphatic rings. The van der Waals surface area contributed by atoms with E-state index in [-0.39, 0.29) is 31.1 Å². The molecular formula is C21H22N2O5. The van der Waals surface area contributed by atoms with Crippen LogP contribution in [0.2, 0.25) is 0 Å². The second-order valence-electron chi connectivity index (χ2n) is 5.98. The highest BCUT2D eigenvalue weighted by Crippen LogP contribution is 2.19. The molecule has 0 radical (unpaired) electrons. The van der Waals surface area contributed by atoms with Gasteiger partial charge in [-0.15, -0.1) is 0 Å². The molecule has 146 valence electrons. The zero-order chi connectivity index (χ0) is 20.4. The highest BCUT2D eigenvalue weighted by molar-refractivity contribution is 5.98. The molecule has 2 amide bonds. The Bertz CT molecular complexity index is 832. The number of nitrogens with one attached hydrogen (secondary N) is 2. The summed E-state index contributed by atoms with van der Waals surface area (Å²) in [5.41, 5.74) is 2.56. The van der Waals surface area contributed by atoms with Crippen LogP contribution < -0.4 is 10.6 Å². The maximum atomic E-state index is 12.2. The molecule has 2 aromatic rings. The molecule has 0 unspecified atom stereocenters. The third-order valence-corrected chi connectivity index (χ3v) is 3.96. The Hall–Kier alpha value is -3.48. The van der Waals surface area contributed by atoms with Crippen molar-refractivity contribution in [3.63, 3.8) is 0 Å². The summed E-state index contributed by atoms with van der Waals surface area (Å²) in [6.45, 7) is -0.680. The molecule has 2 aromatic carbocycles. The standard InChI is InChI=1S/C21H22N2O5/c1-22-19(25)13-23-20(26)14-28-21(27)12-11-18(24)17-9-7-16(8-10-17)15-5-3-2-4-6-15/h2-10H,11-14H2,1H3,(H,22,25)(H,23,26). The van der Waals surface area contributed by atoms with E-state index in [1.165, 1.54) is 7.05 Å². The van der Waals surface area contributed by atoms with Gasteiger partial charge in [0.2, 0.25) is 5.91 Å². The second-order valence-corrected chi connectivity index (χ2v) is 5.98. The number of esters is 1. The van der Waals surface area contributed by atoms with Crippen molar-refractivity contribution in [2.45, 2.75) is 12.8 Å². The summed E-state index contributed by atoms with van der Waals surface area (Å²) in [5.74, 6) is -1.77. The average Bonchev–Trinajstić information content (AvgIpc) is 2.74. The van der Waals surface area contributed by atoms with Crippen LogP contribution in [-0.4, -0.2) is 43.8 Å². The lowest BCUT2D eigenvalue weighted by Crippen LogP contribution is -2.37. The van der Waals surface area contributed by atoms with Crippen LogP contribution in [0.4, 0.5) is 0 Å². The molecule has 0 atom stereocenters. The quantitative estimate of drug-likeness (QED) is 0.508. The van der Waals surface area contributed by atoms with Gasteiger partial charge in [-0.25, -0.2) is 0 Å². The molecule has 0 heterocycles. The third-order valence-electron chi connectivity index (χ3n) is 3.96. The minimum atomic E-state index is -0.649. The Kier molecular flexibility index (Phi) is 7.90. The number of ether oxygens (including phenoxy) is 1. The monoisotopic (exact) mass is 382 g/mol. The van der Waals surface area contributed by atoms with Crippen LogP contribution in [0.3, 0.4) is 0 Å². The minimum Gasteiger partial charge on any atom is -0.456 e. The molecule has 0 saturated carbocycles. The van der Waals surface area contributed by atoms with Crippen molar-refractivity contribution < 1.29 is 23.9 Å². The van der Waals surface area contributed by atoms with Gasteiger partial charge in [0.15, 0.2) is 12.4 Å². The first-order chi connectivity index (χ1) is 13.5. The summed E-state index contributed by atoms with van der Waals surface area (Å²) in [7, 11) is 1.45. The van der Waals surface area contributed by atoms with Gasteiger partial charge >= 0.3 is 5.97 Å². The zero-order valence-electron chi connectivity index (χ0n) is 15.6. The Labute approximate surface area is 163 Å². The van der Waals surface area contributed by atoms with Crippen molar-refractivity contribution in [1.29, 1.82) is 0 Å². The molecule has 0 aliphatic heterocycles. The summed E-state index contributed by atoms with van der Waals surface area (Å²) in [5, 5.41) is 4.65. The summed E-state index contributed by atoms with van der Waals surface area (Å²) in [4.78, 5) is 46.3. The van der Waals surface area contributed by atoms with Gasteiger partial charge in [0, 0.05) is 19.0 Å². The normalized spacial score (nSPS) is 10.0. The smallest absolute Gasteiger partial charge is 0.306 e. The number of benzene rings is 2. The Morgan fingerprint density at radius 2 is 1.46 bits per heavy atom. The van der Waals surface area contributed by atoms with Gasteiger partial charge in [-0.3, -0.25) is 19.2 Å². The molecule has 7 heteroatoms. The topological polar surface area (TPSA) is 102 Å². The van der Waals surface area contributed by atoms with Crippen molar-refractivity contribution in [3.05, 3.63) is 60.2 Å². The van der Waals surface area contributed by atoms with Crippen molar-refractivity contribution in [2.75, 3.05) is 20.2 Å². The molecular weight excluding hydrogens is 360 g/mol. The molecule has 0 aliphatic carbocycles. The van der Waals surface area contributed by atoms with E-state index in [0.717, 1.165) is 11.1 Å². The number of Topliss-reactive ketones (excluding diaryl/α,β-unsaturated/α-hetero) is 1. The Morgan fingerprint density at radius 1 is 0.821 bits per heavy atom. The van der Waals surface area contributed by atoms with E-state index in [1.54, 1.807) is 12.1 Å². The molecule has 2 rings (SSSR count). The number of rotatable bonds is 9. The van der Waals surface area contributed by atoms with Gasteiger partial charge in [0.25, 0.3) is 5.91 Å². The summed E-state index contributed by atoms with van der Waals surface area (Å²) in [6.07, 6.45) is -0.134. The Balaban J connectivity index is 1.75. The van der Waals surface area contributed by atoms with Gasteiger partial charge in [0.1, 0.15) is 0 Å². The van der Waals surface area contributed by atoms with Crippen LogP contribution in [0, 0.1) is 0 Å². The number of hydrogen-bond acceptors (Lipinski definition) is 5. The van der Waals surface area contributed by atoms with Crippen LogP contribution in [0.25, 0.3) is 11.1 Å². The SMILES string of the molecule is CNC(=O)CNC(=O)COC(=O)CCC(=O)c1ccc(-c2ccccc2)cc1. The minimum absolute atomic E-state index is 0.0105. The molecule has 0 aromatic heterocycles. The molecule has 0 bridgehead atoms. The van der Waals surface area contributed by atoms with Crippen LogP contribution >= 0.6 is 0 Å². The molecule has 28 heavy (non-hydrogen) atoms. The van der Waals surface area contributed by atoms with Crippen LogP contribution in [0.15, 0.2) is 54.6 Å². The maximum Gasteiger partial charge on any atom is 0.306 e. The van der Waals surface area contributed by atoms with Crippen molar-refractivity contribution >= 4 is 23.6 Å². The third kappa shape index (κ3) is 6.68. The van der Waals surface area contributed by atoms with E-state index in [2.05, 4.69) is 10.6 Å². The first-order valence-electron chi connectivity index (χ1n) is 8.81. The fourth-order valence-corrected chi connectivity index (χ4v) is 2.38. The second kappa shape index (κ2) is 10.6. The first-order valence-corrected chi connectivity index (χ1v) is 8.81. The molecule has 0 fully saturated rings. The molecule has 0 spiro atoms. The fourth-order valence-electron chi connectivity index (χ4n) is 2.38. The number of hydrogen-bond donors (Lipinski definition) is 2. The number of likely N-dealkylation sites (N-methyl/N-ethyl adjacent to an activating group) is 1. The number of amides is 2. The number of ketones is 1. The van der Waals surface area contributed by atoms with E-state index in [9.17, 15) is 19.2 Å². The maximum absolute atomic E-state index is 12.2. The van der Waals surface area contributed by atoms with Crippen LogP contribution in [-0.2, 0) is 19.1 Å². The highest BCUT2D eigenvalue weighted by atomic mass is 16.5. The zero-order valence-corrected chi connectivity index (χ0v) is 15.6. The first kappa shape index (κ1) is 20.8. The molecule has 2 N–H and O–H groups in total. The van der Waals surface area contributed by atoms with Gasteiger partial charge in [-0.05, 0) is 11.1 Å². The predicted molar refractivity (Wildman–Crippen MR) is 103 cm³/mol. The van der Waals surface area contributed by atoms with Gasteiger partial charge in [-0.1, -0.05) is 54.6 Å². The lowest BCUT2D eigenvalue weighted by atomic mass is 10.0. The van der Waals surface area contributed by atoms with Gasteiger partial charge in [-0.2, -0.15) is 0 Å². The lowest BCUT2D eigenvalue weighted by Gasteiger charge is -2.06. The lowest BCUT2D eigenvalue weighted by molar-refractivity contribution is -0.148. The predicted octanol–water partition coefficient (Wildman–Crippen LogP) is 1.72. The molecule has 0 saturated heterocycles.